The van der Waals surface area contributed by atoms with Crippen molar-refractivity contribution in [1.82, 2.24) is 0 Å². The Labute approximate surface area is 332 Å². The average Bonchev–Trinajstić information content (AvgIpc) is 3.82. The number of nitrogens with zero attached hydrogens (tertiary/aromatic N) is 1. The third-order valence-corrected chi connectivity index (χ3v) is 11.8. The predicted octanol–water partition coefficient (Wildman–Crippen LogP) is 14.8. The number of para-hydroxylation sites is 2. The summed E-state index contributed by atoms with van der Waals surface area (Å²) in [6.07, 6.45) is 0. The zero-order valence-corrected chi connectivity index (χ0v) is 31.2. The van der Waals surface area contributed by atoms with Crippen molar-refractivity contribution in [2.45, 2.75) is 5.41 Å². The Morgan fingerprint density at radius 2 is 0.842 bits per heavy atom. The molecule has 0 fully saturated rings. The number of rotatable bonds is 7. The number of benzene rings is 9. The molecule has 2 heteroatoms. The molecular weight excluding hydrogens is 691 g/mol. The van der Waals surface area contributed by atoms with Crippen LogP contribution in [0.4, 0.5) is 17.1 Å². The standard InChI is InChI=1S/C55H37NO/c1-3-15-38(16-4-1)39-29-33-44(34-30-39)56(52-27-14-24-49-48-23-9-12-28-53(48)57-54(49)52)45-35-31-40(32-36-45)41-17-13-20-43(37-41)55(42-18-5-2-6-19-42)50-25-10-7-21-46(50)47-22-8-11-26-51(47)55/h1-37H. The first kappa shape index (κ1) is 33.0. The van der Waals surface area contributed by atoms with Gasteiger partial charge in [0.2, 0.25) is 0 Å². The van der Waals surface area contributed by atoms with Crippen molar-refractivity contribution < 1.29 is 4.42 Å². The Hall–Kier alpha value is -7.42. The Morgan fingerprint density at radius 1 is 0.351 bits per heavy atom. The van der Waals surface area contributed by atoms with E-state index in [0.717, 1.165) is 44.6 Å². The lowest BCUT2D eigenvalue weighted by Gasteiger charge is -2.34. The summed E-state index contributed by atoms with van der Waals surface area (Å²) in [5, 5.41) is 2.22. The van der Waals surface area contributed by atoms with E-state index in [2.05, 4.69) is 217 Å². The molecular formula is C55H37NO. The summed E-state index contributed by atoms with van der Waals surface area (Å²) >= 11 is 0. The van der Waals surface area contributed by atoms with E-state index in [-0.39, 0.29) is 0 Å². The first-order valence-corrected chi connectivity index (χ1v) is 19.6. The fourth-order valence-electron chi connectivity index (χ4n) is 9.22. The lowest BCUT2D eigenvalue weighted by atomic mass is 9.67. The average molecular weight is 728 g/mol. The molecule has 57 heavy (non-hydrogen) atoms. The summed E-state index contributed by atoms with van der Waals surface area (Å²) < 4.78 is 6.61. The molecule has 0 atom stereocenters. The largest absolute Gasteiger partial charge is 0.454 e. The van der Waals surface area contributed by atoms with Gasteiger partial charge in [-0.15, -0.1) is 0 Å². The lowest BCUT2D eigenvalue weighted by Crippen LogP contribution is -2.28. The van der Waals surface area contributed by atoms with Gasteiger partial charge in [-0.1, -0.05) is 182 Å². The van der Waals surface area contributed by atoms with E-state index >= 15 is 0 Å². The van der Waals surface area contributed by atoms with Crippen molar-refractivity contribution in [3.63, 3.8) is 0 Å². The lowest BCUT2D eigenvalue weighted by molar-refractivity contribution is 0.669. The molecule has 268 valence electrons. The van der Waals surface area contributed by atoms with E-state index in [9.17, 15) is 0 Å². The van der Waals surface area contributed by atoms with Gasteiger partial charge in [0.05, 0.1) is 11.1 Å². The van der Waals surface area contributed by atoms with E-state index < -0.39 is 5.41 Å². The molecule has 0 N–H and O–H groups in total. The maximum absolute atomic E-state index is 6.61. The highest BCUT2D eigenvalue weighted by Crippen LogP contribution is 2.56. The number of fused-ring (bicyclic) bond motifs is 6. The van der Waals surface area contributed by atoms with Crippen molar-refractivity contribution in [3.8, 4) is 33.4 Å². The van der Waals surface area contributed by atoms with Gasteiger partial charge in [0.15, 0.2) is 5.58 Å². The van der Waals surface area contributed by atoms with Gasteiger partial charge in [-0.2, -0.15) is 0 Å². The fraction of sp³-hybridized carbons (Fsp3) is 0.0182. The van der Waals surface area contributed by atoms with E-state index in [1.54, 1.807) is 0 Å². The maximum Gasteiger partial charge on any atom is 0.159 e. The Bertz CT molecular complexity index is 3010. The highest BCUT2D eigenvalue weighted by atomic mass is 16.3. The van der Waals surface area contributed by atoms with Gasteiger partial charge in [0, 0.05) is 22.1 Å². The molecule has 0 spiro atoms. The van der Waals surface area contributed by atoms with Crippen LogP contribution in [0, 0.1) is 0 Å². The van der Waals surface area contributed by atoms with E-state index in [4.69, 9.17) is 4.42 Å². The molecule has 0 bridgehead atoms. The second-order valence-electron chi connectivity index (χ2n) is 14.8. The summed E-state index contributed by atoms with van der Waals surface area (Å²) in [4.78, 5) is 2.32. The number of hydrogen-bond donors (Lipinski definition) is 0. The molecule has 1 aromatic heterocycles. The minimum absolute atomic E-state index is 0.446. The zero-order chi connectivity index (χ0) is 37.8. The van der Waals surface area contributed by atoms with Crippen LogP contribution in [0.2, 0.25) is 0 Å². The van der Waals surface area contributed by atoms with Crippen molar-refractivity contribution in [1.29, 1.82) is 0 Å². The van der Waals surface area contributed by atoms with Crippen LogP contribution in [0.5, 0.6) is 0 Å². The summed E-state index contributed by atoms with van der Waals surface area (Å²) in [5.74, 6) is 0. The van der Waals surface area contributed by atoms with E-state index in [0.29, 0.717) is 0 Å². The van der Waals surface area contributed by atoms with Gasteiger partial charge in [-0.25, -0.2) is 0 Å². The molecule has 1 heterocycles. The van der Waals surface area contributed by atoms with Crippen molar-refractivity contribution in [2.24, 2.45) is 0 Å². The first-order chi connectivity index (χ1) is 28.3. The van der Waals surface area contributed by atoms with E-state index in [1.165, 1.54) is 50.1 Å². The molecule has 1 aliphatic carbocycles. The van der Waals surface area contributed by atoms with Crippen LogP contribution < -0.4 is 4.90 Å². The molecule has 0 amide bonds. The quantitative estimate of drug-likeness (QED) is 0.163. The van der Waals surface area contributed by atoms with Crippen LogP contribution in [0.1, 0.15) is 22.3 Å². The molecule has 1 aliphatic rings. The predicted molar refractivity (Wildman–Crippen MR) is 237 cm³/mol. The second kappa shape index (κ2) is 13.4. The van der Waals surface area contributed by atoms with Crippen molar-refractivity contribution in [2.75, 3.05) is 4.90 Å². The monoisotopic (exact) mass is 727 g/mol. The molecule has 0 aliphatic heterocycles. The third-order valence-electron chi connectivity index (χ3n) is 11.8. The number of anilines is 3. The maximum atomic E-state index is 6.61. The van der Waals surface area contributed by atoms with Gasteiger partial charge in [-0.05, 0) is 98.1 Å². The van der Waals surface area contributed by atoms with Gasteiger partial charge >= 0.3 is 0 Å². The number of furan rings is 1. The summed E-state index contributed by atoms with van der Waals surface area (Å²) in [6.45, 7) is 0. The van der Waals surface area contributed by atoms with Gasteiger partial charge in [0.1, 0.15) is 5.58 Å². The van der Waals surface area contributed by atoms with Crippen LogP contribution in [0.3, 0.4) is 0 Å². The normalized spacial score (nSPS) is 12.7. The SMILES string of the molecule is c1ccc(-c2ccc(N(c3ccc(-c4cccc(C5(c6ccccc6)c6ccccc6-c6ccccc65)c4)cc3)c3cccc4c3oc3ccccc34)cc2)cc1. The van der Waals surface area contributed by atoms with Crippen molar-refractivity contribution >= 4 is 39.0 Å². The van der Waals surface area contributed by atoms with Gasteiger partial charge in [0.25, 0.3) is 0 Å². The fourth-order valence-corrected chi connectivity index (χ4v) is 9.22. The Morgan fingerprint density at radius 3 is 1.53 bits per heavy atom. The van der Waals surface area contributed by atoms with E-state index in [1.807, 2.05) is 12.1 Å². The molecule has 0 saturated carbocycles. The summed E-state index contributed by atoms with van der Waals surface area (Å²) in [5.41, 5.74) is 16.9. The topological polar surface area (TPSA) is 16.4 Å². The second-order valence-corrected chi connectivity index (χ2v) is 14.8. The van der Waals surface area contributed by atoms with Gasteiger partial charge in [-0.3, -0.25) is 0 Å². The van der Waals surface area contributed by atoms with Crippen LogP contribution in [-0.4, -0.2) is 0 Å². The minimum atomic E-state index is -0.446. The van der Waals surface area contributed by atoms with Crippen LogP contribution in [-0.2, 0) is 5.41 Å². The highest BCUT2D eigenvalue weighted by molar-refractivity contribution is 6.10. The molecule has 0 saturated heterocycles. The van der Waals surface area contributed by atoms with Crippen LogP contribution in [0.25, 0.3) is 55.3 Å². The van der Waals surface area contributed by atoms with Gasteiger partial charge < -0.3 is 9.32 Å². The van der Waals surface area contributed by atoms with Crippen molar-refractivity contribution in [3.05, 3.63) is 247 Å². The first-order valence-electron chi connectivity index (χ1n) is 19.6. The molecule has 0 unspecified atom stereocenters. The molecule has 9 aromatic carbocycles. The highest BCUT2D eigenvalue weighted by Gasteiger charge is 2.45. The zero-order valence-electron chi connectivity index (χ0n) is 31.2. The minimum Gasteiger partial charge on any atom is -0.454 e. The third kappa shape index (κ3) is 5.26. The molecule has 2 nitrogen and oxygen atoms in total. The smallest absolute Gasteiger partial charge is 0.159 e. The molecule has 10 aromatic rings. The van der Waals surface area contributed by atoms with Crippen LogP contribution >= 0.6 is 0 Å². The molecule has 0 radical (unpaired) electrons. The summed E-state index contributed by atoms with van der Waals surface area (Å²) in [7, 11) is 0. The van der Waals surface area contributed by atoms with Crippen LogP contribution in [0.15, 0.2) is 229 Å². The Kier molecular flexibility index (Phi) is 7.75. The summed E-state index contributed by atoms with van der Waals surface area (Å²) in [6, 6.07) is 81.1. The number of hydrogen-bond acceptors (Lipinski definition) is 2. The Balaban J connectivity index is 1.04. The molecule has 11 rings (SSSR count).